The molecule has 0 spiro atoms. The number of imidazole rings is 1. The molecule has 1 heterocycles. The van der Waals surface area contributed by atoms with Crippen LogP contribution in [-0.2, 0) is 27.2 Å². The topological polar surface area (TPSA) is 94.5 Å². The molecule has 0 aliphatic heterocycles. The molecule has 0 radical (unpaired) electrons. The highest BCUT2D eigenvalue weighted by molar-refractivity contribution is 5.93. The standard InChI is InChI=1S/C21H24N4O4/c1-3-19-24-17-9-4-5-10-18(17)25(19)14-20(26)22-15-7-6-8-16(13-15)23-21(27)29-12-11-28-2/h4-10,13H,3,11-12,14H2,1-2H3,(H,22,26)(H,23,27). The van der Waals surface area contributed by atoms with Gasteiger partial charge in [0.1, 0.15) is 19.0 Å². The number of fused-ring (bicyclic) bond motifs is 1. The van der Waals surface area contributed by atoms with E-state index in [1.165, 1.54) is 7.11 Å². The Morgan fingerprint density at radius 3 is 2.55 bits per heavy atom. The first-order valence-electron chi connectivity index (χ1n) is 9.37. The molecule has 2 N–H and O–H groups in total. The van der Waals surface area contributed by atoms with Crippen molar-refractivity contribution in [3.8, 4) is 0 Å². The van der Waals surface area contributed by atoms with Crippen molar-refractivity contribution in [1.29, 1.82) is 0 Å². The number of methoxy groups -OCH3 is 1. The molecule has 0 aliphatic rings. The first-order chi connectivity index (χ1) is 14.1. The van der Waals surface area contributed by atoms with E-state index >= 15 is 0 Å². The van der Waals surface area contributed by atoms with Gasteiger partial charge in [-0.25, -0.2) is 9.78 Å². The predicted molar refractivity (Wildman–Crippen MR) is 111 cm³/mol. The van der Waals surface area contributed by atoms with E-state index in [4.69, 9.17) is 9.47 Å². The number of rotatable bonds is 8. The van der Waals surface area contributed by atoms with Gasteiger partial charge in [0.15, 0.2) is 0 Å². The maximum absolute atomic E-state index is 12.6. The van der Waals surface area contributed by atoms with E-state index in [0.717, 1.165) is 23.3 Å². The van der Waals surface area contributed by atoms with Crippen LogP contribution in [0.1, 0.15) is 12.7 Å². The number of benzene rings is 2. The Bertz CT molecular complexity index is 999. The van der Waals surface area contributed by atoms with E-state index in [9.17, 15) is 9.59 Å². The van der Waals surface area contributed by atoms with E-state index in [1.54, 1.807) is 24.3 Å². The number of carbonyl (C=O) groups is 2. The van der Waals surface area contributed by atoms with Gasteiger partial charge in [0.05, 0.1) is 17.6 Å². The summed E-state index contributed by atoms with van der Waals surface area (Å²) in [6, 6.07) is 14.6. The third-order valence-corrected chi connectivity index (χ3v) is 4.26. The van der Waals surface area contributed by atoms with Gasteiger partial charge < -0.3 is 19.4 Å². The molecule has 1 aromatic heterocycles. The molecular formula is C21H24N4O4. The number of hydrogen-bond acceptors (Lipinski definition) is 5. The molecule has 152 valence electrons. The van der Waals surface area contributed by atoms with E-state index in [0.29, 0.717) is 18.0 Å². The summed E-state index contributed by atoms with van der Waals surface area (Å²) in [7, 11) is 1.53. The summed E-state index contributed by atoms with van der Waals surface area (Å²) in [5, 5.41) is 5.48. The average molecular weight is 396 g/mol. The van der Waals surface area contributed by atoms with Gasteiger partial charge in [0.25, 0.3) is 0 Å². The number of hydrogen-bond donors (Lipinski definition) is 2. The van der Waals surface area contributed by atoms with Gasteiger partial charge in [-0.2, -0.15) is 0 Å². The summed E-state index contributed by atoms with van der Waals surface area (Å²) < 4.78 is 11.7. The Hall–Kier alpha value is -3.39. The monoisotopic (exact) mass is 396 g/mol. The third kappa shape index (κ3) is 5.32. The Kier molecular flexibility index (Phi) is 6.80. The SMILES string of the molecule is CCc1nc2ccccc2n1CC(=O)Nc1cccc(NC(=O)OCCOC)c1. The number of nitrogens with one attached hydrogen (secondary N) is 2. The quantitative estimate of drug-likeness (QED) is 0.569. The van der Waals surface area contributed by atoms with Gasteiger partial charge in [-0.1, -0.05) is 25.1 Å². The molecule has 3 aromatic rings. The normalized spacial score (nSPS) is 10.7. The fraction of sp³-hybridized carbons (Fsp3) is 0.286. The zero-order chi connectivity index (χ0) is 20.6. The predicted octanol–water partition coefficient (Wildman–Crippen LogP) is 3.43. The first-order valence-corrected chi connectivity index (χ1v) is 9.37. The van der Waals surface area contributed by atoms with Crippen LogP contribution in [0.5, 0.6) is 0 Å². The van der Waals surface area contributed by atoms with Gasteiger partial charge in [-0.3, -0.25) is 10.1 Å². The average Bonchev–Trinajstić information content (AvgIpc) is 3.06. The van der Waals surface area contributed by atoms with Crippen LogP contribution in [0.15, 0.2) is 48.5 Å². The molecule has 0 unspecified atom stereocenters. The minimum absolute atomic E-state index is 0.153. The Morgan fingerprint density at radius 2 is 1.79 bits per heavy atom. The number of aromatic nitrogens is 2. The minimum Gasteiger partial charge on any atom is -0.447 e. The van der Waals surface area contributed by atoms with Crippen LogP contribution in [0.4, 0.5) is 16.2 Å². The number of carbonyl (C=O) groups excluding carboxylic acids is 2. The smallest absolute Gasteiger partial charge is 0.411 e. The van der Waals surface area contributed by atoms with Gasteiger partial charge >= 0.3 is 6.09 Å². The maximum Gasteiger partial charge on any atom is 0.411 e. The summed E-state index contributed by atoms with van der Waals surface area (Å²) >= 11 is 0. The molecule has 29 heavy (non-hydrogen) atoms. The molecule has 2 aromatic carbocycles. The fourth-order valence-corrected chi connectivity index (χ4v) is 2.96. The molecule has 3 rings (SSSR count). The van der Waals surface area contributed by atoms with Crippen molar-refractivity contribution in [2.24, 2.45) is 0 Å². The molecule has 0 aliphatic carbocycles. The second kappa shape index (κ2) is 9.70. The minimum atomic E-state index is -0.581. The van der Waals surface area contributed by atoms with Gasteiger partial charge in [-0.15, -0.1) is 0 Å². The zero-order valence-corrected chi connectivity index (χ0v) is 16.5. The van der Waals surface area contributed by atoms with Gasteiger partial charge in [0, 0.05) is 24.9 Å². The fourth-order valence-electron chi connectivity index (χ4n) is 2.96. The summed E-state index contributed by atoms with van der Waals surface area (Å²) in [4.78, 5) is 28.9. The van der Waals surface area contributed by atoms with E-state index in [1.807, 2.05) is 35.8 Å². The van der Waals surface area contributed by atoms with Crippen LogP contribution >= 0.6 is 0 Å². The van der Waals surface area contributed by atoms with Crippen LogP contribution in [-0.4, -0.2) is 41.9 Å². The molecule has 2 amide bonds. The summed E-state index contributed by atoms with van der Waals surface area (Å²) in [5.41, 5.74) is 2.89. The van der Waals surface area contributed by atoms with Crippen molar-refractivity contribution in [2.45, 2.75) is 19.9 Å². The lowest BCUT2D eigenvalue weighted by Gasteiger charge is -2.11. The molecule has 0 atom stereocenters. The molecule has 0 saturated heterocycles. The van der Waals surface area contributed by atoms with Crippen molar-refractivity contribution in [3.05, 3.63) is 54.4 Å². The van der Waals surface area contributed by atoms with Crippen LogP contribution in [0.2, 0.25) is 0 Å². The first kappa shape index (κ1) is 20.3. The number of anilines is 2. The van der Waals surface area contributed by atoms with Crippen LogP contribution in [0.25, 0.3) is 11.0 Å². The lowest BCUT2D eigenvalue weighted by atomic mass is 10.2. The van der Waals surface area contributed by atoms with Crippen molar-refractivity contribution in [2.75, 3.05) is 31.0 Å². The second-order valence-electron chi connectivity index (χ2n) is 6.34. The lowest BCUT2D eigenvalue weighted by molar-refractivity contribution is -0.116. The van der Waals surface area contributed by atoms with Crippen molar-refractivity contribution in [1.82, 2.24) is 9.55 Å². The van der Waals surface area contributed by atoms with Crippen molar-refractivity contribution in [3.63, 3.8) is 0 Å². The Morgan fingerprint density at radius 1 is 1.03 bits per heavy atom. The number of para-hydroxylation sites is 2. The molecule has 0 fully saturated rings. The number of ether oxygens (including phenoxy) is 2. The highest BCUT2D eigenvalue weighted by Gasteiger charge is 2.13. The van der Waals surface area contributed by atoms with Gasteiger partial charge in [0.2, 0.25) is 5.91 Å². The van der Waals surface area contributed by atoms with Gasteiger partial charge in [-0.05, 0) is 30.3 Å². The number of nitrogens with zero attached hydrogens (tertiary/aromatic N) is 2. The molecule has 8 heteroatoms. The lowest BCUT2D eigenvalue weighted by Crippen LogP contribution is -2.20. The van der Waals surface area contributed by atoms with E-state index in [-0.39, 0.29) is 19.1 Å². The molecule has 8 nitrogen and oxygen atoms in total. The second-order valence-corrected chi connectivity index (χ2v) is 6.34. The highest BCUT2D eigenvalue weighted by Crippen LogP contribution is 2.18. The van der Waals surface area contributed by atoms with Crippen LogP contribution in [0.3, 0.4) is 0 Å². The number of amides is 2. The highest BCUT2D eigenvalue weighted by atomic mass is 16.6. The summed E-state index contributed by atoms with van der Waals surface area (Å²) in [6.45, 7) is 2.65. The molecular weight excluding hydrogens is 372 g/mol. The zero-order valence-electron chi connectivity index (χ0n) is 16.5. The van der Waals surface area contributed by atoms with E-state index in [2.05, 4.69) is 15.6 Å². The summed E-state index contributed by atoms with van der Waals surface area (Å²) in [5.74, 6) is 0.679. The molecule has 0 bridgehead atoms. The van der Waals surface area contributed by atoms with Crippen LogP contribution < -0.4 is 10.6 Å². The number of aryl methyl sites for hydroxylation is 1. The third-order valence-electron chi connectivity index (χ3n) is 4.26. The largest absolute Gasteiger partial charge is 0.447 e. The van der Waals surface area contributed by atoms with E-state index < -0.39 is 6.09 Å². The Balaban J connectivity index is 1.65. The maximum atomic E-state index is 12.6. The molecule has 0 saturated carbocycles. The van der Waals surface area contributed by atoms with Crippen LogP contribution in [0, 0.1) is 0 Å². The Labute approximate surface area is 168 Å². The van der Waals surface area contributed by atoms with Crippen molar-refractivity contribution < 1.29 is 19.1 Å². The van der Waals surface area contributed by atoms with Crippen molar-refractivity contribution >= 4 is 34.4 Å². The summed E-state index contributed by atoms with van der Waals surface area (Å²) in [6.07, 6.45) is 0.148.